The van der Waals surface area contributed by atoms with E-state index >= 15 is 0 Å². The molecule has 0 radical (unpaired) electrons. The Labute approximate surface area is 117 Å². The Morgan fingerprint density at radius 2 is 2.05 bits per heavy atom. The summed E-state index contributed by atoms with van der Waals surface area (Å²) in [6.07, 6.45) is 3.68. The molecule has 1 aliphatic rings. The molecule has 0 spiro atoms. The molecule has 0 aliphatic heterocycles. The number of nitrogens with two attached hydrogens (primary N) is 1. The van der Waals surface area contributed by atoms with Crippen LogP contribution in [0.2, 0.25) is 5.02 Å². The van der Waals surface area contributed by atoms with Gasteiger partial charge in [-0.05, 0) is 56.3 Å². The van der Waals surface area contributed by atoms with Gasteiger partial charge in [-0.15, -0.1) is 0 Å². The van der Waals surface area contributed by atoms with Gasteiger partial charge in [-0.3, -0.25) is 4.79 Å². The van der Waals surface area contributed by atoms with Crippen LogP contribution in [0.5, 0.6) is 0 Å². The predicted octanol–water partition coefficient (Wildman–Crippen LogP) is 3.18. The number of nitrogens with one attached hydrogen (secondary N) is 1. The number of rotatable bonds is 3. The summed E-state index contributed by atoms with van der Waals surface area (Å²) >= 11 is 5.60. The molecular formula is C14H18ClFN2O. The van der Waals surface area contributed by atoms with E-state index in [1.807, 2.05) is 0 Å². The molecule has 1 aliphatic carbocycles. The van der Waals surface area contributed by atoms with E-state index in [2.05, 4.69) is 5.32 Å². The van der Waals surface area contributed by atoms with Gasteiger partial charge in [-0.25, -0.2) is 4.39 Å². The Hall–Kier alpha value is -1.13. The molecule has 1 fully saturated rings. The molecule has 1 aromatic carbocycles. The standard InChI is InChI=1S/C14H18ClFN2O/c15-12-6-5-11(7-13(12)16)18-14(19)10-3-1-9(8-17)2-4-10/h5-7,9-10H,1-4,8,17H2,(H,18,19). The minimum Gasteiger partial charge on any atom is -0.330 e. The SMILES string of the molecule is NCC1CCC(C(=O)Nc2ccc(Cl)c(F)c2)CC1. The molecule has 0 unspecified atom stereocenters. The van der Waals surface area contributed by atoms with E-state index in [1.54, 1.807) is 6.07 Å². The van der Waals surface area contributed by atoms with E-state index in [1.165, 1.54) is 12.1 Å². The summed E-state index contributed by atoms with van der Waals surface area (Å²) in [6.45, 7) is 0.691. The van der Waals surface area contributed by atoms with E-state index in [9.17, 15) is 9.18 Å². The number of anilines is 1. The summed E-state index contributed by atoms with van der Waals surface area (Å²) in [5, 5.41) is 2.80. The van der Waals surface area contributed by atoms with Gasteiger partial charge in [-0.2, -0.15) is 0 Å². The average Bonchev–Trinajstić information content (AvgIpc) is 2.43. The van der Waals surface area contributed by atoms with Crippen LogP contribution in [0.15, 0.2) is 18.2 Å². The van der Waals surface area contributed by atoms with E-state index < -0.39 is 5.82 Å². The van der Waals surface area contributed by atoms with Gasteiger partial charge in [0.1, 0.15) is 5.82 Å². The van der Waals surface area contributed by atoms with E-state index in [0.29, 0.717) is 18.2 Å². The monoisotopic (exact) mass is 284 g/mol. The fourth-order valence-electron chi connectivity index (χ4n) is 2.48. The van der Waals surface area contributed by atoms with Gasteiger partial charge in [0.15, 0.2) is 0 Å². The van der Waals surface area contributed by atoms with Crippen molar-refractivity contribution in [1.82, 2.24) is 0 Å². The highest BCUT2D eigenvalue weighted by molar-refractivity contribution is 6.30. The maximum Gasteiger partial charge on any atom is 0.227 e. The quantitative estimate of drug-likeness (QED) is 0.896. The van der Waals surface area contributed by atoms with Crippen molar-refractivity contribution in [3.8, 4) is 0 Å². The molecule has 0 aromatic heterocycles. The summed E-state index contributed by atoms with van der Waals surface area (Å²) in [5.74, 6) is -0.0259. The van der Waals surface area contributed by atoms with Crippen LogP contribution in [0.4, 0.5) is 10.1 Å². The zero-order valence-electron chi connectivity index (χ0n) is 10.7. The van der Waals surface area contributed by atoms with Gasteiger partial charge < -0.3 is 11.1 Å². The van der Waals surface area contributed by atoms with Gasteiger partial charge >= 0.3 is 0 Å². The predicted molar refractivity (Wildman–Crippen MR) is 74.5 cm³/mol. The number of hydrogen-bond acceptors (Lipinski definition) is 2. The van der Waals surface area contributed by atoms with Crippen molar-refractivity contribution in [2.24, 2.45) is 17.6 Å². The Morgan fingerprint density at radius 3 is 2.63 bits per heavy atom. The van der Waals surface area contributed by atoms with Gasteiger partial charge in [0.05, 0.1) is 5.02 Å². The number of hydrogen-bond donors (Lipinski definition) is 2. The first kappa shape index (κ1) is 14.3. The molecule has 3 nitrogen and oxygen atoms in total. The Kier molecular flexibility index (Phi) is 4.77. The zero-order chi connectivity index (χ0) is 13.8. The topological polar surface area (TPSA) is 55.1 Å². The Morgan fingerprint density at radius 1 is 1.37 bits per heavy atom. The third kappa shape index (κ3) is 3.67. The second-order valence-corrected chi connectivity index (χ2v) is 5.48. The fraction of sp³-hybridized carbons (Fsp3) is 0.500. The number of halogens is 2. The highest BCUT2D eigenvalue weighted by atomic mass is 35.5. The van der Waals surface area contributed by atoms with Gasteiger partial charge in [0.25, 0.3) is 0 Å². The normalized spacial score (nSPS) is 23.1. The minimum absolute atomic E-state index is 0.00143. The van der Waals surface area contributed by atoms with E-state index in [4.69, 9.17) is 17.3 Å². The van der Waals surface area contributed by atoms with Crippen molar-refractivity contribution in [2.75, 3.05) is 11.9 Å². The van der Waals surface area contributed by atoms with Crippen molar-refractivity contribution >= 4 is 23.2 Å². The summed E-state index contributed by atoms with van der Waals surface area (Å²) in [5.41, 5.74) is 6.08. The van der Waals surface area contributed by atoms with Crippen molar-refractivity contribution in [2.45, 2.75) is 25.7 Å². The van der Waals surface area contributed by atoms with Crippen LogP contribution >= 0.6 is 11.6 Å². The largest absolute Gasteiger partial charge is 0.330 e. The van der Waals surface area contributed by atoms with E-state index in [0.717, 1.165) is 25.7 Å². The molecule has 0 heterocycles. The number of amides is 1. The van der Waals surface area contributed by atoms with Crippen LogP contribution in [-0.4, -0.2) is 12.5 Å². The highest BCUT2D eigenvalue weighted by Crippen LogP contribution is 2.29. The first-order valence-electron chi connectivity index (χ1n) is 6.56. The molecule has 3 N–H and O–H groups in total. The summed E-state index contributed by atoms with van der Waals surface area (Å²) in [7, 11) is 0. The first-order valence-corrected chi connectivity index (χ1v) is 6.94. The van der Waals surface area contributed by atoms with Crippen LogP contribution in [0, 0.1) is 17.7 Å². The third-order valence-electron chi connectivity index (χ3n) is 3.74. The van der Waals surface area contributed by atoms with Crippen LogP contribution in [-0.2, 0) is 4.79 Å². The van der Waals surface area contributed by atoms with Crippen molar-refractivity contribution in [3.63, 3.8) is 0 Å². The van der Waals surface area contributed by atoms with Gasteiger partial charge in [-0.1, -0.05) is 11.6 Å². The molecule has 0 saturated heterocycles. The molecule has 2 rings (SSSR count). The smallest absolute Gasteiger partial charge is 0.227 e. The third-order valence-corrected chi connectivity index (χ3v) is 4.04. The Balaban J connectivity index is 1.92. The van der Waals surface area contributed by atoms with Crippen LogP contribution < -0.4 is 11.1 Å². The maximum atomic E-state index is 13.3. The lowest BCUT2D eigenvalue weighted by Crippen LogP contribution is -2.29. The molecule has 104 valence electrons. The van der Waals surface area contributed by atoms with E-state index in [-0.39, 0.29) is 16.8 Å². The maximum absolute atomic E-state index is 13.3. The van der Waals surface area contributed by atoms with Gasteiger partial charge in [0.2, 0.25) is 5.91 Å². The van der Waals surface area contributed by atoms with Crippen molar-refractivity contribution < 1.29 is 9.18 Å². The molecule has 1 amide bonds. The number of carbonyl (C=O) groups excluding carboxylic acids is 1. The Bertz CT molecular complexity index is 459. The van der Waals surface area contributed by atoms with Gasteiger partial charge in [0, 0.05) is 11.6 Å². The fourth-order valence-corrected chi connectivity index (χ4v) is 2.60. The minimum atomic E-state index is -0.522. The van der Waals surface area contributed by atoms with Crippen molar-refractivity contribution in [1.29, 1.82) is 0 Å². The molecule has 1 saturated carbocycles. The molecule has 1 aromatic rings. The van der Waals surface area contributed by atoms with Crippen molar-refractivity contribution in [3.05, 3.63) is 29.0 Å². The average molecular weight is 285 g/mol. The molecule has 5 heteroatoms. The zero-order valence-corrected chi connectivity index (χ0v) is 11.4. The number of carbonyl (C=O) groups is 1. The summed E-state index contributed by atoms with van der Waals surface area (Å²) < 4.78 is 13.3. The lowest BCUT2D eigenvalue weighted by molar-refractivity contribution is -0.121. The van der Waals surface area contributed by atoms with Crippen LogP contribution in [0.1, 0.15) is 25.7 Å². The molecule has 19 heavy (non-hydrogen) atoms. The second-order valence-electron chi connectivity index (χ2n) is 5.07. The van der Waals surface area contributed by atoms with Crippen LogP contribution in [0.3, 0.4) is 0 Å². The second kappa shape index (κ2) is 6.35. The summed E-state index contributed by atoms with van der Waals surface area (Å²) in [4.78, 5) is 12.1. The molecular weight excluding hydrogens is 267 g/mol. The highest BCUT2D eigenvalue weighted by Gasteiger charge is 2.25. The molecule has 0 bridgehead atoms. The number of benzene rings is 1. The summed E-state index contributed by atoms with van der Waals surface area (Å²) in [6, 6.07) is 4.29. The van der Waals surface area contributed by atoms with Crippen LogP contribution in [0.25, 0.3) is 0 Å². The lowest BCUT2D eigenvalue weighted by atomic mass is 9.81. The lowest BCUT2D eigenvalue weighted by Gasteiger charge is -2.26. The molecule has 0 atom stereocenters. The first-order chi connectivity index (χ1) is 9.10.